The lowest BCUT2D eigenvalue weighted by Gasteiger charge is -2.08. The number of carbonyl (C=O) groups excluding carboxylic acids is 1. The number of rotatable bonds is 4. The van der Waals surface area contributed by atoms with Gasteiger partial charge in [-0.25, -0.2) is 0 Å². The van der Waals surface area contributed by atoms with Crippen molar-refractivity contribution in [3.05, 3.63) is 69.7 Å². The first-order valence-electron chi connectivity index (χ1n) is 7.69. The first-order chi connectivity index (χ1) is 13.0. The van der Waals surface area contributed by atoms with Crippen LogP contribution in [0.4, 0.5) is 32.0 Å². The highest BCUT2D eigenvalue weighted by molar-refractivity contribution is 7.12. The summed E-state index contributed by atoms with van der Waals surface area (Å²) in [5.74, 6) is -0.535. The van der Waals surface area contributed by atoms with Crippen LogP contribution in [0, 0.1) is 0 Å². The molecule has 0 unspecified atom stereocenters. The van der Waals surface area contributed by atoms with Crippen LogP contribution >= 0.6 is 11.3 Å². The molecule has 3 rings (SSSR count). The highest BCUT2D eigenvalue weighted by Gasteiger charge is 2.33. The van der Waals surface area contributed by atoms with E-state index in [1.165, 1.54) is 12.3 Å². The van der Waals surface area contributed by atoms with E-state index < -0.39 is 29.5 Å². The minimum Gasteiger partial charge on any atom is -0.321 e. The molecule has 1 amide bonds. The van der Waals surface area contributed by atoms with Gasteiger partial charge >= 0.3 is 12.4 Å². The van der Waals surface area contributed by atoms with E-state index in [9.17, 15) is 31.1 Å². The molecule has 1 aromatic carbocycles. The van der Waals surface area contributed by atoms with Crippen molar-refractivity contribution in [2.75, 3.05) is 5.32 Å². The Morgan fingerprint density at radius 3 is 2.29 bits per heavy atom. The van der Waals surface area contributed by atoms with Crippen LogP contribution in [0.1, 0.15) is 26.5 Å². The molecule has 1 N–H and O–H groups in total. The van der Waals surface area contributed by atoms with Crippen molar-refractivity contribution in [3.8, 4) is 0 Å². The first-order valence-corrected chi connectivity index (χ1v) is 8.57. The van der Waals surface area contributed by atoms with Crippen LogP contribution in [0.15, 0.2) is 48.0 Å². The van der Waals surface area contributed by atoms with Crippen LogP contribution in [0.2, 0.25) is 0 Å². The number of aromatic nitrogens is 2. The Hall–Kier alpha value is -2.82. The third-order valence-electron chi connectivity index (χ3n) is 3.62. The Morgan fingerprint density at radius 1 is 1.04 bits per heavy atom. The molecule has 2 heterocycles. The topological polar surface area (TPSA) is 46.9 Å². The summed E-state index contributed by atoms with van der Waals surface area (Å²) in [6.45, 7) is 0.0418. The third-order valence-corrected chi connectivity index (χ3v) is 4.60. The molecule has 28 heavy (non-hydrogen) atoms. The summed E-state index contributed by atoms with van der Waals surface area (Å²) < 4.78 is 76.4. The predicted molar refractivity (Wildman–Crippen MR) is 90.0 cm³/mol. The highest BCUT2D eigenvalue weighted by atomic mass is 32.1. The molecule has 3 aromatic rings. The summed E-state index contributed by atoms with van der Waals surface area (Å²) in [4.78, 5) is 12.5. The van der Waals surface area contributed by atoms with Crippen molar-refractivity contribution in [1.29, 1.82) is 0 Å². The van der Waals surface area contributed by atoms with E-state index in [0.717, 1.165) is 46.4 Å². The van der Waals surface area contributed by atoms with Gasteiger partial charge in [-0.1, -0.05) is 0 Å². The summed E-state index contributed by atoms with van der Waals surface area (Å²) in [6.07, 6.45) is -7.82. The van der Waals surface area contributed by atoms with Gasteiger partial charge in [0.2, 0.25) is 0 Å². The Balaban J connectivity index is 1.65. The van der Waals surface area contributed by atoms with Gasteiger partial charge in [0, 0.05) is 11.9 Å². The van der Waals surface area contributed by atoms with Crippen LogP contribution < -0.4 is 5.32 Å². The van der Waals surface area contributed by atoms with Crippen molar-refractivity contribution in [3.63, 3.8) is 0 Å². The molecule has 148 valence electrons. The Morgan fingerprint density at radius 2 is 1.71 bits per heavy atom. The number of carbonyl (C=O) groups is 1. The van der Waals surface area contributed by atoms with E-state index in [1.54, 1.807) is 5.38 Å². The van der Waals surface area contributed by atoms with Gasteiger partial charge in [0.05, 0.1) is 17.0 Å². The molecule has 0 aliphatic rings. The fourth-order valence-electron chi connectivity index (χ4n) is 2.30. The number of amides is 1. The molecule has 4 nitrogen and oxygen atoms in total. The fourth-order valence-corrected chi connectivity index (χ4v) is 3.10. The van der Waals surface area contributed by atoms with Gasteiger partial charge < -0.3 is 5.32 Å². The molecule has 2 aromatic heterocycles. The monoisotopic (exact) mass is 419 g/mol. The lowest BCUT2D eigenvalue weighted by molar-refractivity contribution is -0.141. The molecule has 0 bridgehead atoms. The quantitative estimate of drug-likeness (QED) is 0.585. The number of nitrogens with zero attached hydrogens (tertiary/aromatic N) is 2. The largest absolute Gasteiger partial charge is 0.435 e. The smallest absolute Gasteiger partial charge is 0.321 e. The molecule has 0 fully saturated rings. The molecular formula is C17H11F6N3OS. The number of thiophene rings is 1. The minimum atomic E-state index is -4.54. The molecule has 0 radical (unpaired) electrons. The minimum absolute atomic E-state index is 0.0418. The summed E-state index contributed by atoms with van der Waals surface area (Å²) >= 11 is 1.06. The number of nitrogens with one attached hydrogen (secondary N) is 1. The number of hydrogen-bond acceptors (Lipinski definition) is 3. The average molecular weight is 419 g/mol. The zero-order valence-corrected chi connectivity index (χ0v) is 14.6. The molecule has 0 spiro atoms. The molecule has 0 aliphatic carbocycles. The number of anilines is 1. The van der Waals surface area contributed by atoms with E-state index in [1.807, 2.05) is 0 Å². The SMILES string of the molecule is O=C(Nc1ccc(C(F)(F)F)cc1)c1cc(Cn2ccc(C(F)(F)F)n2)cs1. The zero-order valence-electron chi connectivity index (χ0n) is 13.8. The van der Waals surface area contributed by atoms with Crippen LogP contribution in [0.5, 0.6) is 0 Å². The van der Waals surface area contributed by atoms with Gasteiger partial charge in [-0.05, 0) is 47.3 Å². The standard InChI is InChI=1S/C17H11F6N3OS/c18-16(19,20)11-1-3-12(4-2-11)24-15(27)13-7-10(9-28-13)8-26-6-5-14(25-26)17(21,22)23/h1-7,9H,8H2,(H,24,27). The maximum Gasteiger partial charge on any atom is 0.435 e. The molecule has 0 saturated heterocycles. The first kappa shape index (κ1) is 19.9. The van der Waals surface area contributed by atoms with E-state index in [-0.39, 0.29) is 17.1 Å². The summed E-state index contributed by atoms with van der Waals surface area (Å²) in [6, 6.07) is 6.32. The van der Waals surface area contributed by atoms with Crippen LogP contribution in [0.3, 0.4) is 0 Å². The van der Waals surface area contributed by atoms with Crippen LogP contribution in [-0.2, 0) is 18.9 Å². The Kier molecular flexibility index (Phi) is 5.20. The summed E-state index contributed by atoms with van der Waals surface area (Å²) in [7, 11) is 0. The Bertz CT molecular complexity index is 972. The second-order valence-corrected chi connectivity index (χ2v) is 6.66. The molecule has 0 saturated carbocycles. The maximum atomic E-state index is 12.6. The van der Waals surface area contributed by atoms with E-state index in [4.69, 9.17) is 0 Å². The number of alkyl halides is 6. The Labute approximate surface area is 158 Å². The fraction of sp³-hybridized carbons (Fsp3) is 0.176. The van der Waals surface area contributed by atoms with Crippen molar-refractivity contribution in [2.45, 2.75) is 18.9 Å². The van der Waals surface area contributed by atoms with Crippen molar-refractivity contribution in [1.82, 2.24) is 9.78 Å². The van der Waals surface area contributed by atoms with E-state index in [0.29, 0.717) is 5.56 Å². The van der Waals surface area contributed by atoms with Gasteiger partial charge in [0.15, 0.2) is 5.69 Å². The predicted octanol–water partition coefficient (Wildman–Crippen LogP) is 5.28. The maximum absolute atomic E-state index is 12.6. The van der Waals surface area contributed by atoms with Crippen LogP contribution in [-0.4, -0.2) is 15.7 Å². The lowest BCUT2D eigenvalue weighted by atomic mass is 10.2. The van der Waals surface area contributed by atoms with Gasteiger partial charge in [0.25, 0.3) is 5.91 Å². The zero-order chi connectivity index (χ0) is 20.5. The molecule has 11 heteroatoms. The lowest BCUT2D eigenvalue weighted by Crippen LogP contribution is -2.11. The number of halogens is 6. The normalized spacial score (nSPS) is 12.2. The third kappa shape index (κ3) is 4.71. The van der Waals surface area contributed by atoms with E-state index >= 15 is 0 Å². The van der Waals surface area contributed by atoms with Crippen molar-refractivity contribution in [2.24, 2.45) is 0 Å². The molecule has 0 atom stereocenters. The van der Waals surface area contributed by atoms with Gasteiger partial charge in [-0.2, -0.15) is 31.4 Å². The second kappa shape index (κ2) is 7.30. The van der Waals surface area contributed by atoms with Gasteiger partial charge in [0.1, 0.15) is 0 Å². The number of benzene rings is 1. The summed E-state index contributed by atoms with van der Waals surface area (Å²) in [5.41, 5.74) is -1.08. The van der Waals surface area contributed by atoms with E-state index in [2.05, 4.69) is 10.4 Å². The molecular weight excluding hydrogens is 408 g/mol. The van der Waals surface area contributed by atoms with Gasteiger partial charge in [-0.3, -0.25) is 9.48 Å². The van der Waals surface area contributed by atoms with Gasteiger partial charge in [-0.15, -0.1) is 11.3 Å². The molecule has 0 aliphatic heterocycles. The highest BCUT2D eigenvalue weighted by Crippen LogP contribution is 2.30. The van der Waals surface area contributed by atoms with Crippen LogP contribution in [0.25, 0.3) is 0 Å². The number of hydrogen-bond donors (Lipinski definition) is 1. The van der Waals surface area contributed by atoms with Crippen molar-refractivity contribution < 1.29 is 31.1 Å². The summed E-state index contributed by atoms with van der Waals surface area (Å²) in [5, 5.41) is 7.50. The average Bonchev–Trinajstić information content (AvgIpc) is 3.24. The van der Waals surface area contributed by atoms with Crippen molar-refractivity contribution >= 4 is 22.9 Å². The second-order valence-electron chi connectivity index (χ2n) is 5.74.